The van der Waals surface area contributed by atoms with E-state index in [2.05, 4.69) is 21.0 Å². The predicted octanol–water partition coefficient (Wildman–Crippen LogP) is 3.59. The Labute approximate surface area is 245 Å². The number of halogens is 1. The normalized spacial score (nSPS) is 16.4. The van der Waals surface area contributed by atoms with E-state index in [0.717, 1.165) is 16.8 Å². The zero-order valence-corrected chi connectivity index (χ0v) is 23.3. The van der Waals surface area contributed by atoms with Gasteiger partial charge in [0.2, 0.25) is 17.7 Å². The van der Waals surface area contributed by atoms with Crippen molar-refractivity contribution in [2.45, 2.75) is 51.9 Å². The molecule has 0 radical (unpaired) electrons. The largest absolute Gasteiger partial charge is 0.508 e. The summed E-state index contributed by atoms with van der Waals surface area (Å²) in [7, 11) is 0. The van der Waals surface area contributed by atoms with Crippen molar-refractivity contribution in [2.75, 3.05) is 10.6 Å². The molecule has 1 fully saturated rings. The maximum Gasteiger partial charge on any atom is 0.255 e. The third-order valence-electron chi connectivity index (χ3n) is 7.90. The third kappa shape index (κ3) is 5.51. The summed E-state index contributed by atoms with van der Waals surface area (Å²) in [5.41, 5.74) is 3.64. The Balaban J connectivity index is 1.04. The molecular formula is C31H29FN6O5. The van der Waals surface area contributed by atoms with Crippen LogP contribution in [-0.2, 0) is 34.0 Å². The Hall–Kier alpha value is -5.26. The molecule has 1 aromatic heterocycles. The molecule has 2 aliphatic heterocycles. The van der Waals surface area contributed by atoms with Gasteiger partial charge in [-0.3, -0.25) is 29.2 Å². The second-order valence-corrected chi connectivity index (χ2v) is 10.8. The van der Waals surface area contributed by atoms with E-state index in [-0.39, 0.29) is 48.4 Å². The molecule has 1 atom stereocenters. The van der Waals surface area contributed by atoms with Crippen LogP contribution >= 0.6 is 0 Å². The molecule has 3 aromatic carbocycles. The van der Waals surface area contributed by atoms with Gasteiger partial charge in [0.1, 0.15) is 17.6 Å². The maximum atomic E-state index is 14.4. The molecule has 11 nitrogen and oxygen atoms in total. The Bertz CT molecular complexity index is 1800. The molecule has 0 saturated carbocycles. The van der Waals surface area contributed by atoms with Gasteiger partial charge in [0.25, 0.3) is 5.91 Å². The highest BCUT2D eigenvalue weighted by molar-refractivity contribution is 6.06. The number of aromatic hydroxyl groups is 1. The molecule has 0 bridgehead atoms. The number of aryl methyl sites for hydroxylation is 1. The summed E-state index contributed by atoms with van der Waals surface area (Å²) in [6.07, 6.45) is 4.18. The molecule has 4 aromatic rings. The Morgan fingerprint density at radius 2 is 2.02 bits per heavy atom. The quantitative estimate of drug-likeness (QED) is 0.232. The van der Waals surface area contributed by atoms with Crippen LogP contribution < -0.4 is 16.0 Å². The van der Waals surface area contributed by atoms with Crippen LogP contribution in [0.2, 0.25) is 0 Å². The lowest BCUT2D eigenvalue weighted by Crippen LogP contribution is -2.52. The molecule has 3 heterocycles. The van der Waals surface area contributed by atoms with Gasteiger partial charge in [-0.25, -0.2) is 4.39 Å². The molecule has 12 heteroatoms. The number of rotatable bonds is 8. The lowest BCUT2D eigenvalue weighted by Gasteiger charge is -2.29. The fourth-order valence-electron chi connectivity index (χ4n) is 5.54. The molecule has 43 heavy (non-hydrogen) atoms. The highest BCUT2D eigenvalue weighted by Gasteiger charge is 2.39. The van der Waals surface area contributed by atoms with Gasteiger partial charge < -0.3 is 20.6 Å². The zero-order chi connectivity index (χ0) is 30.2. The van der Waals surface area contributed by atoms with Crippen LogP contribution in [0.1, 0.15) is 46.3 Å². The van der Waals surface area contributed by atoms with Crippen LogP contribution in [0.4, 0.5) is 15.8 Å². The number of phenolic OH excluding ortho intramolecular Hbond substituents is 1. The van der Waals surface area contributed by atoms with Gasteiger partial charge in [0.15, 0.2) is 0 Å². The van der Waals surface area contributed by atoms with Crippen molar-refractivity contribution in [1.82, 2.24) is 20.0 Å². The number of anilines is 2. The Morgan fingerprint density at radius 3 is 2.84 bits per heavy atom. The minimum atomic E-state index is -0.678. The number of benzene rings is 3. The van der Waals surface area contributed by atoms with Crippen molar-refractivity contribution in [3.8, 4) is 5.75 Å². The monoisotopic (exact) mass is 584 g/mol. The summed E-state index contributed by atoms with van der Waals surface area (Å²) in [6, 6.07) is 11.0. The van der Waals surface area contributed by atoms with E-state index in [4.69, 9.17) is 0 Å². The number of amides is 4. The fourth-order valence-corrected chi connectivity index (χ4v) is 5.54. The van der Waals surface area contributed by atoms with Crippen LogP contribution in [0, 0.1) is 12.7 Å². The van der Waals surface area contributed by atoms with Gasteiger partial charge >= 0.3 is 0 Å². The van der Waals surface area contributed by atoms with Gasteiger partial charge in [-0.2, -0.15) is 5.10 Å². The van der Waals surface area contributed by atoms with E-state index < -0.39 is 17.8 Å². The van der Waals surface area contributed by atoms with Crippen LogP contribution in [0.3, 0.4) is 0 Å². The molecule has 0 aliphatic carbocycles. The lowest BCUT2D eigenvalue weighted by molar-refractivity contribution is -0.137. The van der Waals surface area contributed by atoms with Crippen molar-refractivity contribution in [2.24, 2.45) is 0 Å². The van der Waals surface area contributed by atoms with E-state index in [9.17, 15) is 28.7 Å². The average molecular weight is 585 g/mol. The summed E-state index contributed by atoms with van der Waals surface area (Å²) in [5.74, 6) is -1.88. The van der Waals surface area contributed by atoms with Gasteiger partial charge in [0.05, 0.1) is 6.20 Å². The lowest BCUT2D eigenvalue weighted by atomic mass is 10.0. The number of nitrogens with zero attached hydrogens (tertiary/aromatic N) is 3. The predicted molar refractivity (Wildman–Crippen MR) is 156 cm³/mol. The van der Waals surface area contributed by atoms with E-state index in [0.29, 0.717) is 41.5 Å². The number of hydrogen-bond acceptors (Lipinski definition) is 7. The first-order valence-electron chi connectivity index (χ1n) is 13.9. The number of piperidine rings is 1. The highest BCUT2D eigenvalue weighted by atomic mass is 19.1. The second-order valence-electron chi connectivity index (χ2n) is 10.8. The number of carbonyl (C=O) groups is 4. The Kier molecular flexibility index (Phi) is 7.26. The van der Waals surface area contributed by atoms with Crippen molar-refractivity contribution in [1.29, 1.82) is 0 Å². The number of phenols is 1. The SMILES string of the molecule is Cc1c(O)cc2cc(NC(=O)CCn3cc(CNc4cccc5c4CN(C4CCC(=O)NC4=O)C5=O)cn3)ccc2c1F. The van der Waals surface area contributed by atoms with Crippen molar-refractivity contribution < 1.29 is 28.7 Å². The average Bonchev–Trinajstić information content (AvgIpc) is 3.58. The first-order chi connectivity index (χ1) is 20.7. The number of carbonyl (C=O) groups excluding carboxylic acids is 4. The molecule has 0 spiro atoms. The Morgan fingerprint density at radius 1 is 1.19 bits per heavy atom. The van der Waals surface area contributed by atoms with Crippen LogP contribution in [-0.4, -0.2) is 49.5 Å². The van der Waals surface area contributed by atoms with E-state index >= 15 is 0 Å². The number of aromatic nitrogens is 2. The van der Waals surface area contributed by atoms with E-state index in [1.54, 1.807) is 41.2 Å². The first-order valence-corrected chi connectivity index (χ1v) is 13.9. The van der Waals surface area contributed by atoms with Gasteiger partial charge in [-0.1, -0.05) is 6.07 Å². The molecule has 4 amide bonds. The maximum absolute atomic E-state index is 14.4. The molecule has 1 saturated heterocycles. The molecule has 1 unspecified atom stereocenters. The zero-order valence-electron chi connectivity index (χ0n) is 23.3. The number of nitrogens with one attached hydrogen (secondary N) is 3. The van der Waals surface area contributed by atoms with Crippen LogP contribution in [0.5, 0.6) is 5.75 Å². The van der Waals surface area contributed by atoms with E-state index in [1.165, 1.54) is 17.9 Å². The van der Waals surface area contributed by atoms with Gasteiger partial charge in [-0.15, -0.1) is 0 Å². The van der Waals surface area contributed by atoms with Crippen molar-refractivity contribution in [3.63, 3.8) is 0 Å². The first kappa shape index (κ1) is 27.9. The smallest absolute Gasteiger partial charge is 0.255 e. The topological polar surface area (TPSA) is 146 Å². The van der Waals surface area contributed by atoms with Crippen molar-refractivity contribution >= 4 is 45.8 Å². The third-order valence-corrected chi connectivity index (χ3v) is 7.90. The summed E-state index contributed by atoms with van der Waals surface area (Å²) in [5, 5.41) is 23.6. The second kappa shape index (κ2) is 11.2. The van der Waals surface area contributed by atoms with Gasteiger partial charge in [-0.05, 0) is 55.1 Å². The molecule has 2 aliphatic rings. The minimum Gasteiger partial charge on any atom is -0.508 e. The van der Waals surface area contributed by atoms with Gasteiger partial charge in [0, 0.05) is 77.7 Å². The number of fused-ring (bicyclic) bond motifs is 2. The van der Waals surface area contributed by atoms with Crippen LogP contribution in [0.15, 0.2) is 54.9 Å². The molecule has 6 rings (SSSR count). The number of imide groups is 1. The number of hydrogen-bond donors (Lipinski definition) is 4. The van der Waals surface area contributed by atoms with Crippen molar-refractivity contribution in [3.05, 3.63) is 82.9 Å². The summed E-state index contributed by atoms with van der Waals surface area (Å²) >= 11 is 0. The standard InChI is InChI=1S/C31H29FN6O5/c1-17-26(39)12-19-11-20(5-6-21(19)29(17)32)35-28(41)9-10-37-15-18(14-34-37)13-33-24-4-2-3-22-23(24)16-38(31(22)43)25-7-8-27(40)36-30(25)42/h2-6,11-12,14-15,25,33,39H,7-10,13,16H2,1H3,(H,35,41)(H,36,40,42). The molecule has 4 N–H and O–H groups in total. The summed E-state index contributed by atoms with van der Waals surface area (Å²) < 4.78 is 16.1. The fraction of sp³-hybridized carbons (Fsp3) is 0.258. The summed E-state index contributed by atoms with van der Waals surface area (Å²) in [6.45, 7) is 2.54. The van der Waals surface area contributed by atoms with Crippen LogP contribution in [0.25, 0.3) is 10.8 Å². The molecule has 220 valence electrons. The summed E-state index contributed by atoms with van der Waals surface area (Å²) in [4.78, 5) is 51.0. The minimum absolute atomic E-state index is 0.142. The van der Waals surface area contributed by atoms with E-state index in [1.807, 2.05) is 12.3 Å². The highest BCUT2D eigenvalue weighted by Crippen LogP contribution is 2.33. The molecular weight excluding hydrogens is 555 g/mol.